The van der Waals surface area contributed by atoms with Crippen LogP contribution in [0.3, 0.4) is 0 Å². The van der Waals surface area contributed by atoms with Gasteiger partial charge in [-0.3, -0.25) is 19.3 Å². The van der Waals surface area contributed by atoms with E-state index < -0.39 is 35.0 Å². The first-order valence-electron chi connectivity index (χ1n) is 10.3. The van der Waals surface area contributed by atoms with Gasteiger partial charge in [0.15, 0.2) is 0 Å². The molecule has 4 aliphatic rings. The lowest BCUT2D eigenvalue weighted by Crippen LogP contribution is -2.54. The molecule has 4 atom stereocenters. The summed E-state index contributed by atoms with van der Waals surface area (Å²) in [5, 5.41) is 2.99. The van der Waals surface area contributed by atoms with Gasteiger partial charge >= 0.3 is 0 Å². The molecule has 0 radical (unpaired) electrons. The zero-order chi connectivity index (χ0) is 20.8. The molecule has 4 heterocycles. The lowest BCUT2D eigenvalue weighted by molar-refractivity contribution is -0.135. The normalized spacial score (nSPS) is 32.0. The highest BCUT2D eigenvalue weighted by Gasteiger charge is 2.74. The van der Waals surface area contributed by atoms with E-state index in [1.165, 1.54) is 18.2 Å². The maximum absolute atomic E-state index is 14.5. The number of nitrogens with zero attached hydrogens (tertiary/aromatic N) is 2. The van der Waals surface area contributed by atoms with E-state index in [1.54, 1.807) is 6.07 Å². The van der Waals surface area contributed by atoms with Gasteiger partial charge in [-0.15, -0.1) is 0 Å². The lowest BCUT2D eigenvalue weighted by atomic mass is 9.75. The van der Waals surface area contributed by atoms with Gasteiger partial charge in [0, 0.05) is 17.3 Å². The van der Waals surface area contributed by atoms with Gasteiger partial charge in [0.2, 0.25) is 17.7 Å². The molecule has 30 heavy (non-hydrogen) atoms. The van der Waals surface area contributed by atoms with Crippen molar-refractivity contribution in [3.05, 3.63) is 59.4 Å². The van der Waals surface area contributed by atoms with Crippen molar-refractivity contribution >= 4 is 29.1 Å². The number of carbonyl (C=O) groups is 3. The van der Waals surface area contributed by atoms with Crippen LogP contribution in [-0.4, -0.2) is 35.2 Å². The Balaban J connectivity index is 1.59. The van der Waals surface area contributed by atoms with Crippen LogP contribution in [0.25, 0.3) is 0 Å². The summed E-state index contributed by atoms with van der Waals surface area (Å²) in [7, 11) is 0. The minimum Gasteiger partial charge on any atom is -0.324 e. The van der Waals surface area contributed by atoms with Crippen molar-refractivity contribution in [2.45, 2.75) is 31.3 Å². The number of hydrogen-bond acceptors (Lipinski definition) is 4. The molecule has 7 heteroatoms. The number of hydrogen-bond donors (Lipinski definition) is 1. The number of nitrogens with one attached hydrogen (secondary N) is 1. The lowest BCUT2D eigenvalue weighted by Gasteiger charge is -2.36. The molecule has 0 unspecified atom stereocenters. The third-order valence-electron chi connectivity index (χ3n) is 7.33. The van der Waals surface area contributed by atoms with Gasteiger partial charge < -0.3 is 5.32 Å². The molecule has 0 saturated carbocycles. The highest BCUT2D eigenvalue weighted by Crippen LogP contribution is 2.61. The number of carbonyl (C=O) groups excluding carboxylic acids is 3. The fraction of sp³-hybridized carbons (Fsp3) is 0.348. The third kappa shape index (κ3) is 1.85. The number of benzene rings is 2. The van der Waals surface area contributed by atoms with Gasteiger partial charge in [0.25, 0.3) is 0 Å². The van der Waals surface area contributed by atoms with Crippen LogP contribution in [0, 0.1) is 24.6 Å². The van der Waals surface area contributed by atoms with Crippen molar-refractivity contribution in [3.8, 4) is 0 Å². The Morgan fingerprint density at radius 2 is 1.87 bits per heavy atom. The fourth-order valence-corrected chi connectivity index (χ4v) is 6.25. The number of rotatable bonds is 1. The number of amides is 3. The second-order valence-electron chi connectivity index (χ2n) is 8.59. The number of fused-ring (bicyclic) bond motifs is 7. The smallest absolute Gasteiger partial charge is 0.250 e. The Kier molecular flexibility index (Phi) is 3.41. The van der Waals surface area contributed by atoms with Crippen LogP contribution in [0.15, 0.2) is 42.5 Å². The highest BCUT2D eigenvalue weighted by molar-refractivity contribution is 6.26. The molecular formula is C23H20FN3O3. The Bertz CT molecular complexity index is 1150. The molecule has 4 aliphatic heterocycles. The molecule has 0 aromatic heterocycles. The van der Waals surface area contributed by atoms with E-state index in [1.807, 2.05) is 25.1 Å². The van der Waals surface area contributed by atoms with Crippen molar-refractivity contribution in [3.63, 3.8) is 0 Å². The highest BCUT2D eigenvalue weighted by atomic mass is 19.1. The maximum Gasteiger partial charge on any atom is 0.250 e. The van der Waals surface area contributed by atoms with E-state index in [4.69, 9.17) is 0 Å². The van der Waals surface area contributed by atoms with Gasteiger partial charge in [0.1, 0.15) is 11.4 Å². The van der Waals surface area contributed by atoms with E-state index in [0.717, 1.165) is 34.6 Å². The summed E-state index contributed by atoms with van der Waals surface area (Å²) in [6.07, 6.45) is 1.59. The maximum atomic E-state index is 14.5. The Morgan fingerprint density at radius 1 is 1.07 bits per heavy atom. The minimum atomic E-state index is -1.22. The summed E-state index contributed by atoms with van der Waals surface area (Å²) >= 11 is 0. The Hall–Kier alpha value is -3.06. The van der Waals surface area contributed by atoms with Crippen molar-refractivity contribution in [1.29, 1.82) is 0 Å². The number of imide groups is 1. The first kappa shape index (κ1) is 17.8. The Morgan fingerprint density at radius 3 is 2.67 bits per heavy atom. The molecular weight excluding hydrogens is 385 g/mol. The van der Waals surface area contributed by atoms with Gasteiger partial charge in [-0.25, -0.2) is 9.29 Å². The van der Waals surface area contributed by atoms with E-state index in [0.29, 0.717) is 6.54 Å². The molecule has 3 fully saturated rings. The monoisotopic (exact) mass is 405 g/mol. The molecule has 3 amide bonds. The van der Waals surface area contributed by atoms with Gasteiger partial charge in [-0.1, -0.05) is 30.3 Å². The van der Waals surface area contributed by atoms with E-state index in [2.05, 4.69) is 10.2 Å². The van der Waals surface area contributed by atoms with Crippen molar-refractivity contribution in [2.24, 2.45) is 11.8 Å². The van der Waals surface area contributed by atoms with E-state index in [9.17, 15) is 18.8 Å². The predicted molar refractivity (Wildman–Crippen MR) is 107 cm³/mol. The van der Waals surface area contributed by atoms with Gasteiger partial charge in [-0.05, 0) is 44.0 Å². The van der Waals surface area contributed by atoms with Crippen LogP contribution in [0.4, 0.5) is 15.8 Å². The first-order chi connectivity index (χ1) is 14.5. The molecule has 6 rings (SSSR count). The van der Waals surface area contributed by atoms with Gasteiger partial charge in [0.05, 0.1) is 17.5 Å². The van der Waals surface area contributed by atoms with Crippen molar-refractivity contribution in [2.75, 3.05) is 16.8 Å². The molecule has 0 aliphatic carbocycles. The van der Waals surface area contributed by atoms with Crippen LogP contribution in [0.5, 0.6) is 0 Å². The molecule has 2 aromatic rings. The first-order valence-corrected chi connectivity index (χ1v) is 10.3. The summed E-state index contributed by atoms with van der Waals surface area (Å²) in [5.41, 5.74) is 1.13. The number of aryl methyl sites for hydroxylation is 1. The molecule has 1 spiro atoms. The summed E-state index contributed by atoms with van der Waals surface area (Å²) in [6.45, 7) is 2.57. The minimum absolute atomic E-state index is 0.0375. The average Bonchev–Trinajstić information content (AvgIpc) is 3.42. The topological polar surface area (TPSA) is 69.7 Å². The van der Waals surface area contributed by atoms with Crippen LogP contribution in [0.2, 0.25) is 0 Å². The largest absolute Gasteiger partial charge is 0.324 e. The number of para-hydroxylation sites is 2. The predicted octanol–water partition coefficient (Wildman–Crippen LogP) is 2.57. The summed E-state index contributed by atoms with van der Waals surface area (Å²) < 4.78 is 14.5. The second-order valence-corrected chi connectivity index (χ2v) is 8.59. The molecule has 0 bridgehead atoms. The third-order valence-corrected chi connectivity index (χ3v) is 7.33. The summed E-state index contributed by atoms with van der Waals surface area (Å²) in [6, 6.07) is 11.3. The molecule has 6 nitrogen and oxygen atoms in total. The molecule has 1 N–H and O–H groups in total. The van der Waals surface area contributed by atoms with Crippen LogP contribution >= 0.6 is 0 Å². The molecule has 3 saturated heterocycles. The summed E-state index contributed by atoms with van der Waals surface area (Å²) in [5.74, 6) is -3.30. The van der Waals surface area contributed by atoms with Gasteiger partial charge in [-0.2, -0.15) is 0 Å². The number of anilines is 2. The quantitative estimate of drug-likeness (QED) is 0.741. The van der Waals surface area contributed by atoms with E-state index in [-0.39, 0.29) is 17.6 Å². The standard InChI is InChI=1S/C23H20FN3O3/c1-12-6-4-7-13-19(12)25-22(30)23(13)18-17(16-10-5-11-26(16)23)20(28)27(21(18)29)15-9-3-2-8-14(15)24/h2-4,6-9,16-18H,5,10-11H2,1H3,(H,25,30)/t16-,17+,18-,23+/m0/s1. The zero-order valence-corrected chi connectivity index (χ0v) is 16.4. The van der Waals surface area contributed by atoms with E-state index >= 15 is 0 Å². The zero-order valence-electron chi connectivity index (χ0n) is 16.4. The average molecular weight is 405 g/mol. The summed E-state index contributed by atoms with van der Waals surface area (Å²) in [4.78, 5) is 43.8. The SMILES string of the molecule is Cc1cccc2c1NC(=O)[C@]21[C@@H]2C(=O)N(c3ccccc3F)C(=O)[C@@H]2[C@@H]2CCCN21. The van der Waals surface area contributed by atoms with Crippen molar-refractivity contribution < 1.29 is 18.8 Å². The van der Waals surface area contributed by atoms with Crippen LogP contribution < -0.4 is 10.2 Å². The fourth-order valence-electron chi connectivity index (χ4n) is 6.25. The molecule has 2 aromatic carbocycles. The van der Waals surface area contributed by atoms with Crippen LogP contribution in [0.1, 0.15) is 24.0 Å². The number of halogens is 1. The van der Waals surface area contributed by atoms with Crippen LogP contribution in [-0.2, 0) is 19.9 Å². The Labute approximate surface area is 172 Å². The second kappa shape index (κ2) is 5.76. The van der Waals surface area contributed by atoms with Crippen molar-refractivity contribution in [1.82, 2.24) is 4.90 Å². The molecule has 152 valence electrons.